The average molecular weight is 178 g/mol. The van der Waals surface area contributed by atoms with Gasteiger partial charge in [0.2, 0.25) is 0 Å². The van der Waals surface area contributed by atoms with E-state index in [2.05, 4.69) is 0 Å². The van der Waals surface area contributed by atoms with E-state index in [1.54, 1.807) is 0 Å². The first-order chi connectivity index (χ1) is 6.25. The highest BCUT2D eigenvalue weighted by molar-refractivity contribution is 5.91. The van der Waals surface area contributed by atoms with Crippen molar-refractivity contribution < 1.29 is 9.53 Å². The van der Waals surface area contributed by atoms with Crippen LogP contribution in [0.1, 0.15) is 20.3 Å². The molecule has 0 fully saturated rings. The van der Waals surface area contributed by atoms with E-state index < -0.39 is 0 Å². The van der Waals surface area contributed by atoms with Crippen LogP contribution in [0.3, 0.4) is 0 Å². The van der Waals surface area contributed by atoms with Crippen LogP contribution in [0.25, 0.3) is 0 Å². The largest absolute Gasteiger partial charge is 0.458 e. The molecule has 70 valence electrons. The molecule has 1 aliphatic heterocycles. The highest BCUT2D eigenvalue weighted by atomic mass is 16.5. The van der Waals surface area contributed by atoms with Crippen LogP contribution < -0.4 is 0 Å². The maximum Gasteiger partial charge on any atom is 0.334 e. The van der Waals surface area contributed by atoms with Crippen LogP contribution >= 0.6 is 0 Å². The molecule has 1 rings (SSSR count). The zero-order chi connectivity index (χ0) is 9.68. The van der Waals surface area contributed by atoms with E-state index in [1.165, 1.54) is 0 Å². The second kappa shape index (κ2) is 4.65. The lowest BCUT2D eigenvalue weighted by molar-refractivity contribution is -0.135. The van der Waals surface area contributed by atoms with Crippen molar-refractivity contribution in [2.24, 2.45) is 0 Å². The van der Waals surface area contributed by atoms with Crippen molar-refractivity contribution in [3.8, 4) is 0 Å². The Morgan fingerprint density at radius 3 is 2.77 bits per heavy atom. The van der Waals surface area contributed by atoms with Crippen molar-refractivity contribution >= 4 is 5.97 Å². The Balaban J connectivity index is 2.50. The molecule has 0 N–H and O–H groups in total. The fourth-order valence-corrected chi connectivity index (χ4v) is 1.13. The number of hydrogen-bond acceptors (Lipinski definition) is 2. The fraction of sp³-hybridized carbons (Fsp3) is 0.364. The van der Waals surface area contributed by atoms with Gasteiger partial charge in [-0.3, -0.25) is 0 Å². The quantitative estimate of drug-likeness (QED) is 0.490. The van der Waals surface area contributed by atoms with Crippen molar-refractivity contribution in [3.05, 3.63) is 35.5 Å². The molecule has 2 nitrogen and oxygen atoms in total. The molecule has 0 saturated carbocycles. The van der Waals surface area contributed by atoms with Crippen molar-refractivity contribution in [2.45, 2.75) is 20.3 Å². The summed E-state index contributed by atoms with van der Waals surface area (Å²) in [5.41, 5.74) is 1.86. The second-order valence-corrected chi connectivity index (χ2v) is 2.96. The molecule has 0 aromatic carbocycles. The molecular formula is C11H14O2. The third-order valence-corrected chi connectivity index (χ3v) is 2.02. The van der Waals surface area contributed by atoms with Crippen LogP contribution in [0, 0.1) is 0 Å². The molecule has 0 aromatic heterocycles. The van der Waals surface area contributed by atoms with E-state index in [0.717, 1.165) is 17.6 Å². The minimum Gasteiger partial charge on any atom is -0.458 e. The monoisotopic (exact) mass is 178 g/mol. The summed E-state index contributed by atoms with van der Waals surface area (Å²) >= 11 is 0. The number of cyclic esters (lactones) is 1. The molecule has 2 heteroatoms. The zero-order valence-electron chi connectivity index (χ0n) is 8.04. The van der Waals surface area contributed by atoms with Crippen LogP contribution in [0.5, 0.6) is 0 Å². The van der Waals surface area contributed by atoms with Crippen molar-refractivity contribution in [1.29, 1.82) is 0 Å². The van der Waals surface area contributed by atoms with E-state index in [4.69, 9.17) is 4.74 Å². The standard InChI is InChI=1S/C11H14O2/c1-3-4-5-6-7-10-8-13-11(12)9(10)2/h3-6H,7-8H2,1-2H3/b4-3+,6-5+. The fourth-order valence-electron chi connectivity index (χ4n) is 1.13. The molecular weight excluding hydrogens is 164 g/mol. The Bertz CT molecular complexity index is 282. The third kappa shape index (κ3) is 2.58. The normalized spacial score (nSPS) is 17.8. The van der Waals surface area contributed by atoms with Gasteiger partial charge in [-0.25, -0.2) is 4.79 Å². The molecule has 0 bridgehead atoms. The van der Waals surface area contributed by atoms with Crippen LogP contribution in [0.2, 0.25) is 0 Å². The van der Waals surface area contributed by atoms with Gasteiger partial charge in [-0.2, -0.15) is 0 Å². The Labute approximate surface area is 78.6 Å². The van der Waals surface area contributed by atoms with Gasteiger partial charge in [0.05, 0.1) is 0 Å². The third-order valence-electron chi connectivity index (χ3n) is 2.02. The highest BCUT2D eigenvalue weighted by Gasteiger charge is 2.18. The van der Waals surface area contributed by atoms with Crippen LogP contribution in [0.4, 0.5) is 0 Å². The predicted octanol–water partition coefficient (Wildman–Crippen LogP) is 2.38. The summed E-state index contributed by atoms with van der Waals surface area (Å²) in [5.74, 6) is -0.172. The zero-order valence-corrected chi connectivity index (χ0v) is 8.04. The van der Waals surface area contributed by atoms with Crippen molar-refractivity contribution in [2.75, 3.05) is 6.61 Å². The lowest BCUT2D eigenvalue weighted by Crippen LogP contribution is -1.94. The van der Waals surface area contributed by atoms with Gasteiger partial charge < -0.3 is 4.74 Å². The van der Waals surface area contributed by atoms with E-state index in [9.17, 15) is 4.79 Å². The summed E-state index contributed by atoms with van der Waals surface area (Å²) in [6.45, 7) is 4.25. The van der Waals surface area contributed by atoms with Crippen LogP contribution in [0.15, 0.2) is 35.5 Å². The second-order valence-electron chi connectivity index (χ2n) is 2.96. The van der Waals surface area contributed by atoms with Gasteiger partial charge in [0.1, 0.15) is 6.61 Å². The molecule has 0 amide bonds. The Hall–Kier alpha value is -1.31. The van der Waals surface area contributed by atoms with Gasteiger partial charge in [-0.05, 0) is 25.8 Å². The number of hydrogen-bond donors (Lipinski definition) is 0. The molecule has 1 aliphatic rings. The number of rotatable bonds is 3. The van der Waals surface area contributed by atoms with Crippen molar-refractivity contribution in [3.63, 3.8) is 0 Å². The number of esters is 1. The van der Waals surface area contributed by atoms with Gasteiger partial charge in [0.25, 0.3) is 0 Å². The molecule has 0 aromatic rings. The number of carbonyl (C=O) groups is 1. The average Bonchev–Trinajstić information content (AvgIpc) is 2.43. The Morgan fingerprint density at radius 2 is 2.23 bits per heavy atom. The summed E-state index contributed by atoms with van der Waals surface area (Å²) in [5, 5.41) is 0. The summed E-state index contributed by atoms with van der Waals surface area (Å²) in [7, 11) is 0. The first-order valence-electron chi connectivity index (χ1n) is 4.39. The smallest absolute Gasteiger partial charge is 0.334 e. The minimum atomic E-state index is -0.172. The Kier molecular flexibility index (Phi) is 3.50. The molecule has 0 unspecified atom stereocenters. The first-order valence-corrected chi connectivity index (χ1v) is 4.39. The number of ether oxygens (including phenoxy) is 1. The minimum absolute atomic E-state index is 0.172. The molecule has 0 aliphatic carbocycles. The molecule has 0 atom stereocenters. The van der Waals surface area contributed by atoms with Crippen LogP contribution in [-0.2, 0) is 9.53 Å². The maximum atomic E-state index is 11.0. The first kappa shape index (κ1) is 9.78. The summed E-state index contributed by atoms with van der Waals surface area (Å²) in [4.78, 5) is 11.0. The molecule has 0 spiro atoms. The summed E-state index contributed by atoms with van der Waals surface area (Å²) in [6.07, 6.45) is 8.74. The number of allylic oxidation sites excluding steroid dienone is 4. The van der Waals surface area contributed by atoms with E-state index in [-0.39, 0.29) is 5.97 Å². The summed E-state index contributed by atoms with van der Waals surface area (Å²) < 4.78 is 4.87. The van der Waals surface area contributed by atoms with Gasteiger partial charge in [-0.15, -0.1) is 0 Å². The van der Waals surface area contributed by atoms with Gasteiger partial charge in [0.15, 0.2) is 0 Å². The summed E-state index contributed by atoms with van der Waals surface area (Å²) in [6, 6.07) is 0. The topological polar surface area (TPSA) is 26.3 Å². The lowest BCUT2D eigenvalue weighted by atomic mass is 10.1. The SMILES string of the molecule is C/C=C/C=C/CC1=C(C)C(=O)OC1. The number of carbonyl (C=O) groups excluding carboxylic acids is 1. The molecule has 0 saturated heterocycles. The van der Waals surface area contributed by atoms with Gasteiger partial charge in [-0.1, -0.05) is 24.3 Å². The molecule has 0 radical (unpaired) electrons. The van der Waals surface area contributed by atoms with Crippen LogP contribution in [-0.4, -0.2) is 12.6 Å². The maximum absolute atomic E-state index is 11.0. The molecule has 13 heavy (non-hydrogen) atoms. The Morgan fingerprint density at radius 1 is 1.46 bits per heavy atom. The highest BCUT2D eigenvalue weighted by Crippen LogP contribution is 2.18. The van der Waals surface area contributed by atoms with E-state index in [0.29, 0.717) is 6.61 Å². The lowest BCUT2D eigenvalue weighted by Gasteiger charge is -1.93. The van der Waals surface area contributed by atoms with Gasteiger partial charge >= 0.3 is 5.97 Å². The van der Waals surface area contributed by atoms with E-state index in [1.807, 2.05) is 38.2 Å². The van der Waals surface area contributed by atoms with E-state index >= 15 is 0 Å². The van der Waals surface area contributed by atoms with Gasteiger partial charge in [0, 0.05) is 5.57 Å². The van der Waals surface area contributed by atoms with Crippen molar-refractivity contribution in [1.82, 2.24) is 0 Å². The molecule has 1 heterocycles. The predicted molar refractivity (Wildman–Crippen MR) is 52.2 cm³/mol.